The highest BCUT2D eigenvalue weighted by molar-refractivity contribution is 6.31. The fraction of sp³-hybridized carbons (Fsp3) is 0.316. The van der Waals surface area contributed by atoms with Crippen molar-refractivity contribution in [2.24, 2.45) is 0 Å². The summed E-state index contributed by atoms with van der Waals surface area (Å²) >= 11 is 5.95. The van der Waals surface area contributed by atoms with E-state index in [4.69, 9.17) is 21.1 Å². The normalized spacial score (nSPS) is 10.3. The molecule has 5 heteroatoms. The lowest BCUT2D eigenvalue weighted by Gasteiger charge is -2.12. The first-order valence-corrected chi connectivity index (χ1v) is 8.38. The topological polar surface area (TPSA) is 47.6 Å². The second-order valence-corrected chi connectivity index (χ2v) is 5.78. The van der Waals surface area contributed by atoms with E-state index in [1.54, 1.807) is 12.1 Å². The van der Waals surface area contributed by atoms with E-state index < -0.39 is 0 Å². The van der Waals surface area contributed by atoms with Gasteiger partial charge in [0.25, 0.3) is 0 Å². The SMILES string of the molecule is CCOc1ccccc1OCCCC(=O)Nc1cc(Cl)ccc1C. The molecule has 1 N–H and O–H groups in total. The van der Waals surface area contributed by atoms with E-state index in [1.165, 1.54) is 0 Å². The third-order valence-corrected chi connectivity index (χ3v) is 3.66. The summed E-state index contributed by atoms with van der Waals surface area (Å²) in [5.74, 6) is 1.37. The summed E-state index contributed by atoms with van der Waals surface area (Å²) in [6.07, 6.45) is 0.995. The molecule has 2 aromatic carbocycles. The lowest BCUT2D eigenvalue weighted by molar-refractivity contribution is -0.116. The quantitative estimate of drug-likeness (QED) is 0.695. The number of para-hydroxylation sites is 2. The number of halogens is 1. The number of hydrogen-bond acceptors (Lipinski definition) is 3. The predicted octanol–water partition coefficient (Wildman–Crippen LogP) is 4.84. The van der Waals surface area contributed by atoms with Crippen molar-refractivity contribution in [1.82, 2.24) is 0 Å². The minimum absolute atomic E-state index is 0.0536. The van der Waals surface area contributed by atoms with Gasteiger partial charge in [0, 0.05) is 17.1 Å². The van der Waals surface area contributed by atoms with Gasteiger partial charge in [-0.15, -0.1) is 0 Å². The maximum Gasteiger partial charge on any atom is 0.224 e. The average molecular weight is 348 g/mol. The van der Waals surface area contributed by atoms with Crippen LogP contribution in [0, 0.1) is 6.92 Å². The summed E-state index contributed by atoms with van der Waals surface area (Å²) in [7, 11) is 0. The lowest BCUT2D eigenvalue weighted by Crippen LogP contribution is -2.13. The number of benzene rings is 2. The Bertz CT molecular complexity index is 688. The molecule has 1 amide bonds. The van der Waals surface area contributed by atoms with Crippen LogP contribution in [0.15, 0.2) is 42.5 Å². The van der Waals surface area contributed by atoms with E-state index in [9.17, 15) is 4.79 Å². The van der Waals surface area contributed by atoms with E-state index in [1.807, 2.05) is 44.2 Å². The number of carbonyl (C=O) groups is 1. The molecule has 2 rings (SSSR count). The molecule has 0 radical (unpaired) electrons. The molecule has 0 fully saturated rings. The Morgan fingerprint density at radius 1 is 1.12 bits per heavy atom. The second kappa shape index (κ2) is 9.18. The lowest BCUT2D eigenvalue weighted by atomic mass is 10.2. The van der Waals surface area contributed by atoms with E-state index in [0.29, 0.717) is 36.8 Å². The van der Waals surface area contributed by atoms with Crippen molar-refractivity contribution in [2.45, 2.75) is 26.7 Å². The molecule has 128 valence electrons. The Morgan fingerprint density at radius 2 is 1.83 bits per heavy atom. The van der Waals surface area contributed by atoms with Gasteiger partial charge in [-0.05, 0) is 50.1 Å². The smallest absolute Gasteiger partial charge is 0.224 e. The van der Waals surface area contributed by atoms with Crippen LogP contribution in [0.1, 0.15) is 25.3 Å². The highest BCUT2D eigenvalue weighted by Crippen LogP contribution is 2.26. The number of nitrogens with one attached hydrogen (secondary N) is 1. The maximum absolute atomic E-state index is 12.0. The van der Waals surface area contributed by atoms with Crippen molar-refractivity contribution in [3.8, 4) is 11.5 Å². The van der Waals surface area contributed by atoms with Gasteiger partial charge in [0.2, 0.25) is 5.91 Å². The highest BCUT2D eigenvalue weighted by Gasteiger charge is 2.07. The van der Waals surface area contributed by atoms with Crippen molar-refractivity contribution in [2.75, 3.05) is 18.5 Å². The molecule has 2 aromatic rings. The fourth-order valence-corrected chi connectivity index (χ4v) is 2.37. The van der Waals surface area contributed by atoms with Crippen molar-refractivity contribution in [3.05, 3.63) is 53.1 Å². The molecule has 4 nitrogen and oxygen atoms in total. The van der Waals surface area contributed by atoms with Gasteiger partial charge in [-0.1, -0.05) is 29.8 Å². The van der Waals surface area contributed by atoms with Gasteiger partial charge in [-0.3, -0.25) is 4.79 Å². The summed E-state index contributed by atoms with van der Waals surface area (Å²) < 4.78 is 11.2. The van der Waals surface area contributed by atoms with Crippen LogP contribution in [-0.4, -0.2) is 19.1 Å². The molecular weight excluding hydrogens is 326 g/mol. The number of amides is 1. The van der Waals surface area contributed by atoms with Gasteiger partial charge >= 0.3 is 0 Å². The van der Waals surface area contributed by atoms with Crippen LogP contribution in [0.4, 0.5) is 5.69 Å². The number of anilines is 1. The average Bonchev–Trinajstić information content (AvgIpc) is 2.56. The summed E-state index contributed by atoms with van der Waals surface area (Å²) in [6, 6.07) is 13.0. The van der Waals surface area contributed by atoms with Crippen molar-refractivity contribution >= 4 is 23.2 Å². The van der Waals surface area contributed by atoms with Crippen LogP contribution in [0.25, 0.3) is 0 Å². The maximum atomic E-state index is 12.0. The van der Waals surface area contributed by atoms with Crippen molar-refractivity contribution in [1.29, 1.82) is 0 Å². The Kier molecular flexibility index (Phi) is 6.94. The van der Waals surface area contributed by atoms with E-state index in [2.05, 4.69) is 5.32 Å². The van der Waals surface area contributed by atoms with E-state index >= 15 is 0 Å². The zero-order valence-electron chi connectivity index (χ0n) is 14.0. The van der Waals surface area contributed by atoms with Gasteiger partial charge in [0.1, 0.15) is 0 Å². The largest absolute Gasteiger partial charge is 0.490 e. The predicted molar refractivity (Wildman–Crippen MR) is 97.2 cm³/mol. The van der Waals surface area contributed by atoms with Gasteiger partial charge in [-0.25, -0.2) is 0 Å². The molecule has 0 heterocycles. The Hall–Kier alpha value is -2.20. The second-order valence-electron chi connectivity index (χ2n) is 5.34. The molecule has 0 aliphatic heterocycles. The summed E-state index contributed by atoms with van der Waals surface area (Å²) in [5, 5.41) is 3.48. The Labute approximate surface area is 147 Å². The number of hydrogen-bond donors (Lipinski definition) is 1. The molecular formula is C19H22ClNO3. The molecule has 0 unspecified atom stereocenters. The van der Waals surface area contributed by atoms with Crippen LogP contribution in [0.5, 0.6) is 11.5 Å². The van der Waals surface area contributed by atoms with Crippen molar-refractivity contribution in [3.63, 3.8) is 0 Å². The molecule has 0 bridgehead atoms. The minimum Gasteiger partial charge on any atom is -0.490 e. The van der Waals surface area contributed by atoms with Crippen molar-refractivity contribution < 1.29 is 14.3 Å². The van der Waals surface area contributed by atoms with Crippen LogP contribution in [0.3, 0.4) is 0 Å². The first-order chi connectivity index (χ1) is 11.6. The molecule has 0 saturated carbocycles. The Morgan fingerprint density at radius 3 is 2.54 bits per heavy atom. The highest BCUT2D eigenvalue weighted by atomic mass is 35.5. The molecule has 0 saturated heterocycles. The first kappa shape index (κ1) is 18.1. The third-order valence-electron chi connectivity index (χ3n) is 3.43. The van der Waals surface area contributed by atoms with Gasteiger partial charge in [0.15, 0.2) is 11.5 Å². The van der Waals surface area contributed by atoms with E-state index in [0.717, 1.165) is 17.0 Å². The monoisotopic (exact) mass is 347 g/mol. The number of rotatable bonds is 8. The van der Waals surface area contributed by atoms with Crippen LogP contribution < -0.4 is 14.8 Å². The Balaban J connectivity index is 1.78. The standard InChI is InChI=1S/C19H22ClNO3/c1-3-23-17-7-4-5-8-18(17)24-12-6-9-19(22)21-16-13-15(20)11-10-14(16)2/h4-5,7-8,10-11,13H,3,6,9,12H2,1-2H3,(H,21,22). The van der Waals surface area contributed by atoms with Gasteiger partial charge in [-0.2, -0.15) is 0 Å². The zero-order valence-corrected chi connectivity index (χ0v) is 14.7. The molecule has 0 aliphatic carbocycles. The van der Waals surface area contributed by atoms with Crippen LogP contribution in [-0.2, 0) is 4.79 Å². The van der Waals surface area contributed by atoms with Gasteiger partial charge < -0.3 is 14.8 Å². The van der Waals surface area contributed by atoms with Gasteiger partial charge in [0.05, 0.1) is 13.2 Å². The summed E-state index contributed by atoms with van der Waals surface area (Å²) in [5.41, 5.74) is 1.73. The molecule has 0 atom stereocenters. The molecule has 0 aromatic heterocycles. The molecule has 24 heavy (non-hydrogen) atoms. The number of carbonyl (C=O) groups excluding carboxylic acids is 1. The van der Waals surface area contributed by atoms with E-state index in [-0.39, 0.29) is 5.91 Å². The summed E-state index contributed by atoms with van der Waals surface area (Å²) in [6.45, 7) is 4.90. The fourth-order valence-electron chi connectivity index (χ4n) is 2.20. The first-order valence-electron chi connectivity index (χ1n) is 8.00. The zero-order chi connectivity index (χ0) is 17.4. The van der Waals surface area contributed by atoms with Crippen LogP contribution in [0.2, 0.25) is 5.02 Å². The molecule has 0 aliphatic rings. The number of aryl methyl sites for hydroxylation is 1. The molecule has 0 spiro atoms. The third kappa shape index (κ3) is 5.46. The number of ether oxygens (including phenoxy) is 2. The summed E-state index contributed by atoms with van der Waals surface area (Å²) in [4.78, 5) is 12.0. The minimum atomic E-state index is -0.0536. The van der Waals surface area contributed by atoms with Crippen LogP contribution >= 0.6 is 11.6 Å².